The molecule has 0 saturated heterocycles. The fourth-order valence-electron chi connectivity index (χ4n) is 2.85. The quantitative estimate of drug-likeness (QED) is 0.277. The zero-order valence-electron chi connectivity index (χ0n) is 16.9. The van der Waals surface area contributed by atoms with Crippen LogP contribution in [-0.2, 0) is 4.79 Å². The highest BCUT2D eigenvalue weighted by atomic mass is 79.9. The van der Waals surface area contributed by atoms with E-state index in [1.807, 2.05) is 6.07 Å². The number of fused-ring (bicyclic) bond motifs is 1. The minimum absolute atomic E-state index is 0.108. The average molecular weight is 566 g/mol. The predicted molar refractivity (Wildman–Crippen MR) is 136 cm³/mol. The van der Waals surface area contributed by atoms with Crippen LogP contribution in [0.15, 0.2) is 63.7 Å². The van der Waals surface area contributed by atoms with Crippen LogP contribution in [0.3, 0.4) is 0 Å². The van der Waals surface area contributed by atoms with Crippen LogP contribution in [0.5, 0.6) is 5.75 Å². The lowest BCUT2D eigenvalue weighted by atomic mass is 10.3. The molecule has 0 spiro atoms. The lowest BCUT2D eigenvalue weighted by Gasteiger charge is -2.16. The third-order valence-corrected chi connectivity index (χ3v) is 5.57. The van der Waals surface area contributed by atoms with Gasteiger partial charge in [-0.25, -0.2) is 4.98 Å². The van der Waals surface area contributed by atoms with Crippen molar-refractivity contribution in [3.63, 3.8) is 0 Å². The molecule has 1 unspecified atom stereocenters. The minimum atomic E-state index is -0.845. The van der Waals surface area contributed by atoms with Gasteiger partial charge in [0.05, 0.1) is 10.6 Å². The standard InChI is InChI=1S/C22H15BrCl2N4O3S/c1-11(31-18-4-2-14(24)7-16(18)25)20(30)29-22(33)27-15-3-5-19-17(8-15)28-21(32-19)12-6-13(23)10-26-9-12/h2-11H,1H3,(H2,27,29,30,33). The lowest BCUT2D eigenvalue weighted by Crippen LogP contribution is -2.42. The number of oxazole rings is 1. The second-order valence-corrected chi connectivity index (χ2v) is 9.04. The minimum Gasteiger partial charge on any atom is -0.479 e. The summed E-state index contributed by atoms with van der Waals surface area (Å²) < 4.78 is 12.2. The van der Waals surface area contributed by atoms with E-state index in [0.29, 0.717) is 38.5 Å². The number of hydrogen-bond donors (Lipinski definition) is 2. The first kappa shape index (κ1) is 23.4. The van der Waals surface area contributed by atoms with Crippen LogP contribution in [0.25, 0.3) is 22.6 Å². The van der Waals surface area contributed by atoms with Gasteiger partial charge >= 0.3 is 0 Å². The summed E-state index contributed by atoms with van der Waals surface area (Å²) in [4.78, 5) is 21.1. The van der Waals surface area contributed by atoms with Crippen LogP contribution in [0.1, 0.15) is 6.92 Å². The van der Waals surface area contributed by atoms with E-state index in [1.165, 1.54) is 6.07 Å². The number of nitrogens with zero attached hydrogens (tertiary/aromatic N) is 2. The Hall–Kier alpha value is -2.72. The molecular formula is C22H15BrCl2N4O3S. The van der Waals surface area contributed by atoms with Gasteiger partial charge in [0.1, 0.15) is 11.3 Å². The molecule has 4 aromatic rings. The molecule has 2 N–H and O–H groups in total. The lowest BCUT2D eigenvalue weighted by molar-refractivity contribution is -0.125. The number of thiocarbonyl (C=S) groups is 1. The van der Waals surface area contributed by atoms with Crippen molar-refractivity contribution in [3.05, 3.63) is 69.4 Å². The Morgan fingerprint density at radius 1 is 1.18 bits per heavy atom. The van der Waals surface area contributed by atoms with Crippen molar-refractivity contribution in [2.24, 2.45) is 0 Å². The molecule has 0 aliphatic heterocycles. The van der Waals surface area contributed by atoms with E-state index in [1.54, 1.807) is 49.6 Å². The van der Waals surface area contributed by atoms with Crippen molar-refractivity contribution >= 4 is 79.2 Å². The molecule has 7 nitrogen and oxygen atoms in total. The predicted octanol–water partition coefficient (Wildman–Crippen LogP) is 6.24. The van der Waals surface area contributed by atoms with Crippen molar-refractivity contribution in [2.75, 3.05) is 5.32 Å². The van der Waals surface area contributed by atoms with Crippen molar-refractivity contribution < 1.29 is 13.9 Å². The maximum absolute atomic E-state index is 12.5. The molecule has 1 amide bonds. The summed E-state index contributed by atoms with van der Waals surface area (Å²) >= 11 is 20.6. The van der Waals surface area contributed by atoms with Gasteiger partial charge in [-0.1, -0.05) is 23.2 Å². The molecule has 1 atom stereocenters. The number of nitrogens with one attached hydrogen (secondary N) is 2. The molecular weight excluding hydrogens is 551 g/mol. The van der Waals surface area contributed by atoms with Crippen LogP contribution in [0, 0.1) is 0 Å². The number of anilines is 1. The van der Waals surface area contributed by atoms with Gasteiger partial charge in [-0.15, -0.1) is 0 Å². The second-order valence-electron chi connectivity index (χ2n) is 6.87. The van der Waals surface area contributed by atoms with Crippen LogP contribution < -0.4 is 15.4 Å². The van der Waals surface area contributed by atoms with E-state index in [2.05, 4.69) is 36.5 Å². The number of benzene rings is 2. The van der Waals surface area contributed by atoms with Crippen molar-refractivity contribution in [2.45, 2.75) is 13.0 Å². The first-order valence-corrected chi connectivity index (χ1v) is 11.5. The topological polar surface area (TPSA) is 89.3 Å². The number of halogens is 3. The van der Waals surface area contributed by atoms with E-state index in [9.17, 15) is 4.79 Å². The van der Waals surface area contributed by atoms with Crippen molar-refractivity contribution in [1.29, 1.82) is 0 Å². The number of carbonyl (C=O) groups is 1. The van der Waals surface area contributed by atoms with E-state index in [-0.39, 0.29) is 5.11 Å². The molecule has 33 heavy (non-hydrogen) atoms. The molecule has 0 aliphatic rings. The number of ether oxygens (including phenoxy) is 1. The van der Waals surface area contributed by atoms with Gasteiger partial charge in [0, 0.05) is 27.6 Å². The maximum atomic E-state index is 12.5. The monoisotopic (exact) mass is 564 g/mol. The number of rotatable bonds is 5. The fraction of sp³-hybridized carbons (Fsp3) is 0.0909. The van der Waals surface area contributed by atoms with Crippen LogP contribution in [0.2, 0.25) is 10.0 Å². The summed E-state index contributed by atoms with van der Waals surface area (Å²) in [6.45, 7) is 1.59. The molecule has 0 saturated carbocycles. The summed E-state index contributed by atoms with van der Waals surface area (Å²) in [5.74, 6) is 0.347. The number of amides is 1. The van der Waals surface area contributed by atoms with E-state index in [0.717, 1.165) is 10.0 Å². The number of pyridine rings is 1. The molecule has 2 heterocycles. The normalized spacial score (nSPS) is 11.8. The van der Waals surface area contributed by atoms with Gasteiger partial charge < -0.3 is 14.5 Å². The van der Waals surface area contributed by atoms with Gasteiger partial charge in [-0.05, 0) is 77.5 Å². The second kappa shape index (κ2) is 10.0. The Labute approximate surface area is 212 Å². The summed E-state index contributed by atoms with van der Waals surface area (Å²) in [5, 5.41) is 6.44. The average Bonchev–Trinajstić information content (AvgIpc) is 3.19. The van der Waals surface area contributed by atoms with E-state index >= 15 is 0 Å². The van der Waals surface area contributed by atoms with Gasteiger partial charge in [0.2, 0.25) is 5.89 Å². The van der Waals surface area contributed by atoms with E-state index in [4.69, 9.17) is 44.6 Å². The maximum Gasteiger partial charge on any atom is 0.266 e. The highest BCUT2D eigenvalue weighted by molar-refractivity contribution is 9.10. The Morgan fingerprint density at radius 3 is 2.76 bits per heavy atom. The van der Waals surface area contributed by atoms with Crippen LogP contribution in [-0.4, -0.2) is 27.1 Å². The first-order valence-electron chi connectivity index (χ1n) is 9.53. The summed E-state index contributed by atoms with van der Waals surface area (Å²) in [5.41, 5.74) is 2.60. The third-order valence-electron chi connectivity index (χ3n) is 4.40. The molecule has 168 valence electrons. The van der Waals surface area contributed by atoms with Crippen molar-refractivity contribution in [3.8, 4) is 17.2 Å². The van der Waals surface area contributed by atoms with Crippen LogP contribution in [0.4, 0.5) is 5.69 Å². The molecule has 2 aromatic carbocycles. The Morgan fingerprint density at radius 2 is 2.00 bits per heavy atom. The summed E-state index contributed by atoms with van der Waals surface area (Å²) in [6.07, 6.45) is 2.50. The molecule has 2 aromatic heterocycles. The zero-order chi connectivity index (χ0) is 23.5. The highest BCUT2D eigenvalue weighted by Gasteiger charge is 2.18. The van der Waals surface area contributed by atoms with Gasteiger partial charge in [-0.2, -0.15) is 0 Å². The number of aromatic nitrogens is 2. The van der Waals surface area contributed by atoms with E-state index < -0.39 is 12.0 Å². The third kappa shape index (κ3) is 5.80. The van der Waals surface area contributed by atoms with Gasteiger partial charge in [-0.3, -0.25) is 15.1 Å². The fourth-order valence-corrected chi connectivity index (χ4v) is 3.88. The molecule has 4 rings (SSSR count). The molecule has 11 heteroatoms. The molecule has 0 aliphatic carbocycles. The zero-order valence-corrected chi connectivity index (χ0v) is 20.8. The molecule has 0 bridgehead atoms. The van der Waals surface area contributed by atoms with Gasteiger partial charge in [0.25, 0.3) is 5.91 Å². The molecule has 0 radical (unpaired) electrons. The van der Waals surface area contributed by atoms with Crippen LogP contribution >= 0.6 is 51.3 Å². The molecule has 0 fully saturated rings. The number of carbonyl (C=O) groups excluding carboxylic acids is 1. The highest BCUT2D eigenvalue weighted by Crippen LogP contribution is 2.29. The Balaban J connectivity index is 1.40. The van der Waals surface area contributed by atoms with Gasteiger partial charge in [0.15, 0.2) is 16.8 Å². The Bertz CT molecular complexity index is 1360. The number of hydrogen-bond acceptors (Lipinski definition) is 6. The summed E-state index contributed by atoms with van der Waals surface area (Å²) in [6, 6.07) is 11.9. The summed E-state index contributed by atoms with van der Waals surface area (Å²) in [7, 11) is 0. The SMILES string of the molecule is CC(Oc1ccc(Cl)cc1Cl)C(=O)NC(=S)Nc1ccc2oc(-c3cncc(Br)c3)nc2c1. The first-order chi connectivity index (χ1) is 15.8. The Kier molecular flexibility index (Phi) is 7.14. The largest absolute Gasteiger partial charge is 0.479 e. The smallest absolute Gasteiger partial charge is 0.266 e. The van der Waals surface area contributed by atoms with Crippen molar-refractivity contribution in [1.82, 2.24) is 15.3 Å².